The van der Waals surface area contributed by atoms with Gasteiger partial charge in [-0.3, -0.25) is 9.98 Å². The molecule has 1 heterocycles. The van der Waals surface area contributed by atoms with Crippen molar-refractivity contribution >= 4 is 39.9 Å². The number of fused-ring (bicyclic) bond motifs is 3. The van der Waals surface area contributed by atoms with Crippen LogP contribution >= 0.6 is 0 Å². The molecule has 0 atom stereocenters. The van der Waals surface area contributed by atoms with Crippen molar-refractivity contribution < 1.29 is 0 Å². The third-order valence-corrected chi connectivity index (χ3v) is 11.1. The maximum atomic E-state index is 5.33. The molecule has 0 bridgehead atoms. The van der Waals surface area contributed by atoms with Gasteiger partial charge in [0.05, 0.1) is 29.0 Å². The fraction of sp³-hybridized carbons (Fsp3) is 0.0545. The summed E-state index contributed by atoms with van der Waals surface area (Å²) in [5.41, 5.74) is 17.6. The summed E-state index contributed by atoms with van der Waals surface area (Å²) in [7, 11) is 0. The first-order valence-corrected chi connectivity index (χ1v) is 19.8. The minimum absolute atomic E-state index is 0.549. The van der Waals surface area contributed by atoms with Crippen LogP contribution in [0.3, 0.4) is 0 Å². The van der Waals surface area contributed by atoms with Gasteiger partial charge in [-0.05, 0) is 108 Å². The largest absolute Gasteiger partial charge is 0.309 e. The van der Waals surface area contributed by atoms with E-state index in [1.165, 1.54) is 38.5 Å². The van der Waals surface area contributed by atoms with E-state index in [0.29, 0.717) is 6.54 Å². The van der Waals surface area contributed by atoms with Gasteiger partial charge in [0.2, 0.25) is 0 Å². The van der Waals surface area contributed by atoms with Gasteiger partial charge in [-0.1, -0.05) is 158 Å². The molecule has 0 aliphatic carbocycles. The molecule has 0 aliphatic heterocycles. The highest BCUT2D eigenvalue weighted by Crippen LogP contribution is 2.36. The van der Waals surface area contributed by atoms with Crippen LogP contribution in [0.1, 0.15) is 29.2 Å². The topological polar surface area (TPSA) is 29.6 Å². The quantitative estimate of drug-likeness (QED) is 0.125. The molecular formula is C55H43N3. The molecular weight excluding hydrogens is 703 g/mol. The summed E-state index contributed by atoms with van der Waals surface area (Å²) in [6, 6.07) is 71.2. The molecule has 1 aromatic heterocycles. The third kappa shape index (κ3) is 7.11. The lowest BCUT2D eigenvalue weighted by molar-refractivity contribution is 1.06. The minimum Gasteiger partial charge on any atom is -0.309 e. The van der Waals surface area contributed by atoms with Crippen molar-refractivity contribution in [2.45, 2.75) is 20.4 Å². The maximum absolute atomic E-state index is 5.33. The van der Waals surface area contributed by atoms with Crippen LogP contribution in [0.15, 0.2) is 216 Å². The molecule has 0 amide bonds. The average Bonchev–Trinajstić information content (AvgIpc) is 3.62. The van der Waals surface area contributed by atoms with Gasteiger partial charge < -0.3 is 4.57 Å². The zero-order chi connectivity index (χ0) is 39.4. The molecule has 3 heteroatoms. The molecule has 3 nitrogen and oxygen atoms in total. The van der Waals surface area contributed by atoms with Crippen LogP contribution in [0.25, 0.3) is 66.6 Å². The van der Waals surface area contributed by atoms with Gasteiger partial charge in [0.25, 0.3) is 0 Å². The summed E-state index contributed by atoms with van der Waals surface area (Å²) < 4.78 is 2.36. The summed E-state index contributed by atoms with van der Waals surface area (Å²) in [4.78, 5) is 9.95. The lowest BCUT2D eigenvalue weighted by Crippen LogP contribution is -2.09. The van der Waals surface area contributed by atoms with Crippen LogP contribution in [-0.4, -0.2) is 17.0 Å². The Bertz CT molecular complexity index is 2970. The first kappa shape index (κ1) is 36.3. The van der Waals surface area contributed by atoms with Gasteiger partial charge in [0.1, 0.15) is 0 Å². The fourth-order valence-corrected chi connectivity index (χ4v) is 8.09. The Morgan fingerprint density at radius 2 is 1.05 bits per heavy atom. The van der Waals surface area contributed by atoms with Gasteiger partial charge in [0.15, 0.2) is 0 Å². The van der Waals surface area contributed by atoms with Crippen LogP contribution in [0.2, 0.25) is 0 Å². The van der Waals surface area contributed by atoms with Gasteiger partial charge >= 0.3 is 0 Å². The molecule has 58 heavy (non-hydrogen) atoms. The monoisotopic (exact) mass is 745 g/mol. The standard InChI is InChI=1S/C55H43N3/c1-38-26-27-46(44-20-15-21-45(34-44)47-32-33-53-51(36-47)49-24-13-14-25-52(49)58(53)48-22-11-6-12-23-48)35-50(38)55(57-37-40-16-7-4-8-17-40)39(2)54(56-3)43-30-28-42(29-31-43)41-18-9-5-10-19-41/h4-36H,3,37H2,1-2H3/b54-39-,57-55?. The van der Waals surface area contributed by atoms with Gasteiger partial charge in [-0.25, -0.2) is 0 Å². The Morgan fingerprint density at radius 3 is 1.78 bits per heavy atom. The summed E-state index contributed by atoms with van der Waals surface area (Å²) in [5, 5.41) is 2.48. The Morgan fingerprint density at radius 1 is 0.500 bits per heavy atom. The Balaban J connectivity index is 1.11. The number of aromatic nitrogens is 1. The van der Waals surface area contributed by atoms with E-state index in [4.69, 9.17) is 4.99 Å². The lowest BCUT2D eigenvalue weighted by Gasteiger charge is -2.16. The molecule has 0 radical (unpaired) electrons. The van der Waals surface area contributed by atoms with Gasteiger partial charge in [-0.15, -0.1) is 0 Å². The second-order valence-electron chi connectivity index (χ2n) is 14.8. The molecule has 9 rings (SSSR count). The molecule has 0 spiro atoms. The number of benzene rings is 8. The van der Waals surface area contributed by atoms with Crippen LogP contribution < -0.4 is 0 Å². The predicted molar refractivity (Wildman–Crippen MR) is 247 cm³/mol. The molecule has 8 aromatic carbocycles. The zero-order valence-electron chi connectivity index (χ0n) is 32.8. The summed E-state index contributed by atoms with van der Waals surface area (Å²) in [6.45, 7) is 8.88. The Hall–Kier alpha value is -7.36. The SMILES string of the molecule is C=N/C(=C(/C)C(=NCc1ccccc1)c1cc(-c2cccc(-c3ccc4c(c3)c3ccccc3n4-c3ccccc3)c2)ccc1C)c1ccc(-c2ccccc2)cc1. The minimum atomic E-state index is 0.549. The molecule has 278 valence electrons. The normalized spacial score (nSPS) is 12.1. The second kappa shape index (κ2) is 16.0. The summed E-state index contributed by atoms with van der Waals surface area (Å²) >= 11 is 0. The highest BCUT2D eigenvalue weighted by molar-refractivity contribution is 6.17. The first-order chi connectivity index (χ1) is 28.6. The van der Waals surface area contributed by atoms with E-state index >= 15 is 0 Å². The number of nitrogens with zero attached hydrogens (tertiary/aromatic N) is 3. The molecule has 0 unspecified atom stereocenters. The summed E-state index contributed by atoms with van der Waals surface area (Å²) in [6.07, 6.45) is 0. The molecule has 9 aromatic rings. The molecule has 0 fully saturated rings. The van der Waals surface area contributed by atoms with Gasteiger partial charge in [-0.2, -0.15) is 0 Å². The average molecular weight is 746 g/mol. The Labute approximate surface area is 340 Å². The van der Waals surface area contributed by atoms with Crippen molar-refractivity contribution in [1.29, 1.82) is 0 Å². The van der Waals surface area contributed by atoms with Crippen molar-refractivity contribution in [3.05, 3.63) is 228 Å². The maximum Gasteiger partial charge on any atom is 0.0745 e. The fourth-order valence-electron chi connectivity index (χ4n) is 8.09. The van der Waals surface area contributed by atoms with E-state index in [1.54, 1.807) is 0 Å². The van der Waals surface area contributed by atoms with Crippen LogP contribution in [0.4, 0.5) is 0 Å². The Kier molecular flexibility index (Phi) is 10.0. The zero-order valence-corrected chi connectivity index (χ0v) is 32.8. The molecule has 0 aliphatic rings. The highest BCUT2D eigenvalue weighted by atomic mass is 15.0. The third-order valence-electron chi connectivity index (χ3n) is 11.1. The molecule has 0 N–H and O–H groups in total. The number of hydrogen-bond donors (Lipinski definition) is 0. The number of hydrogen-bond acceptors (Lipinski definition) is 2. The van der Waals surface area contributed by atoms with Crippen LogP contribution in [0.5, 0.6) is 0 Å². The molecule has 0 saturated heterocycles. The van der Waals surface area contributed by atoms with E-state index in [9.17, 15) is 0 Å². The van der Waals surface area contributed by atoms with E-state index in [2.05, 4.69) is 218 Å². The van der Waals surface area contributed by atoms with E-state index in [0.717, 1.165) is 61.6 Å². The van der Waals surface area contributed by atoms with Crippen molar-refractivity contribution in [3.63, 3.8) is 0 Å². The number of aliphatic imine (C=N–C) groups is 2. The van der Waals surface area contributed by atoms with Crippen molar-refractivity contribution in [2.75, 3.05) is 0 Å². The number of rotatable bonds is 10. The van der Waals surface area contributed by atoms with Crippen molar-refractivity contribution in [3.8, 4) is 39.1 Å². The van der Waals surface area contributed by atoms with Gasteiger partial charge in [0, 0.05) is 33.2 Å². The number of para-hydroxylation sites is 2. The highest BCUT2D eigenvalue weighted by Gasteiger charge is 2.17. The molecule has 0 saturated carbocycles. The predicted octanol–water partition coefficient (Wildman–Crippen LogP) is 14.2. The smallest absolute Gasteiger partial charge is 0.0745 e. The van der Waals surface area contributed by atoms with Crippen molar-refractivity contribution in [2.24, 2.45) is 9.98 Å². The lowest BCUT2D eigenvalue weighted by atomic mass is 9.91. The number of aryl methyl sites for hydroxylation is 1. The first-order valence-electron chi connectivity index (χ1n) is 19.8. The van der Waals surface area contributed by atoms with Crippen LogP contribution in [0, 0.1) is 6.92 Å². The van der Waals surface area contributed by atoms with Crippen molar-refractivity contribution in [1.82, 2.24) is 4.57 Å². The van der Waals surface area contributed by atoms with E-state index < -0.39 is 0 Å². The second-order valence-corrected chi connectivity index (χ2v) is 14.8. The van der Waals surface area contributed by atoms with E-state index in [-0.39, 0.29) is 0 Å². The van der Waals surface area contributed by atoms with E-state index in [1.807, 2.05) is 12.1 Å². The van der Waals surface area contributed by atoms with Crippen LogP contribution in [-0.2, 0) is 6.54 Å². The summed E-state index contributed by atoms with van der Waals surface area (Å²) in [5.74, 6) is 0. The number of allylic oxidation sites excluding steroid dienone is 1.